The Morgan fingerprint density at radius 1 is 1.15 bits per heavy atom. The van der Waals surface area contributed by atoms with Gasteiger partial charge in [0.2, 0.25) is 10.0 Å². The monoisotopic (exact) mass is 371 g/mol. The molecule has 2 aromatic carbocycles. The molecule has 134 valence electrons. The summed E-state index contributed by atoms with van der Waals surface area (Å²) in [5.74, 6) is 0.234. The topological polar surface area (TPSA) is 112 Å². The van der Waals surface area contributed by atoms with E-state index in [1.54, 1.807) is 36.4 Å². The van der Waals surface area contributed by atoms with Crippen LogP contribution in [0.15, 0.2) is 52.4 Å². The number of hydrogen-bond donors (Lipinski definition) is 4. The molecule has 0 saturated carbocycles. The maximum Gasteiger partial charge on any atom is 0.265 e. The van der Waals surface area contributed by atoms with Crippen LogP contribution in [0.3, 0.4) is 0 Å². The molecule has 1 atom stereocenters. The van der Waals surface area contributed by atoms with E-state index in [2.05, 4.69) is 25.9 Å². The Hall–Kier alpha value is -2.75. The van der Waals surface area contributed by atoms with Crippen molar-refractivity contribution in [2.24, 2.45) is 4.99 Å². The van der Waals surface area contributed by atoms with Gasteiger partial charge in [0, 0.05) is 16.8 Å². The summed E-state index contributed by atoms with van der Waals surface area (Å²) in [4.78, 5) is 16.6. The number of sulfonamides is 1. The summed E-state index contributed by atoms with van der Waals surface area (Å²) < 4.78 is 27.4. The first-order valence-corrected chi connectivity index (χ1v) is 9.51. The number of hydrogen-bond acceptors (Lipinski definition) is 6. The van der Waals surface area contributed by atoms with Gasteiger partial charge in [-0.15, -0.1) is 0 Å². The van der Waals surface area contributed by atoms with Gasteiger partial charge in [0.15, 0.2) is 0 Å². The second-order valence-corrected chi connectivity index (χ2v) is 7.87. The molecular weight excluding hydrogens is 354 g/mol. The van der Waals surface area contributed by atoms with Crippen molar-refractivity contribution in [1.82, 2.24) is 15.6 Å². The molecular formula is C17H17N5O3S. The molecule has 1 amide bonds. The van der Waals surface area contributed by atoms with E-state index in [-0.39, 0.29) is 17.3 Å². The number of aryl methyl sites for hydroxylation is 1. The standard InChI is InChI=1S/C17H17N5O3S/c1-10-5-7-11(8-6-10)26(24,25)18-9-14-19-13-4-2-3-12-15(13)16(20-14)21-22-17(12)23/h2-8,16,18,21H,9H2,1H3,(H,19,20)(H,22,23). The van der Waals surface area contributed by atoms with E-state index in [4.69, 9.17) is 0 Å². The van der Waals surface area contributed by atoms with Gasteiger partial charge in [-0.3, -0.25) is 10.2 Å². The van der Waals surface area contributed by atoms with Crippen LogP contribution in [0.5, 0.6) is 0 Å². The summed E-state index contributed by atoms with van der Waals surface area (Å²) in [6, 6.07) is 11.9. The fraction of sp³-hybridized carbons (Fsp3) is 0.176. The average Bonchev–Trinajstić information content (AvgIpc) is 2.63. The lowest BCUT2D eigenvalue weighted by Crippen LogP contribution is -2.47. The molecule has 4 N–H and O–H groups in total. The van der Waals surface area contributed by atoms with Crippen LogP contribution in [0, 0.1) is 6.92 Å². The van der Waals surface area contributed by atoms with E-state index in [1.165, 1.54) is 0 Å². The molecule has 0 aromatic heterocycles. The predicted molar refractivity (Wildman–Crippen MR) is 97.2 cm³/mol. The first-order chi connectivity index (χ1) is 12.4. The second-order valence-electron chi connectivity index (χ2n) is 6.11. The largest absolute Gasteiger partial charge is 0.343 e. The maximum absolute atomic E-state index is 12.4. The molecule has 2 aliphatic heterocycles. The van der Waals surface area contributed by atoms with Crippen molar-refractivity contribution >= 4 is 27.5 Å². The fourth-order valence-electron chi connectivity index (χ4n) is 2.93. The predicted octanol–water partition coefficient (Wildman–Crippen LogP) is 1.04. The molecule has 1 unspecified atom stereocenters. The summed E-state index contributed by atoms with van der Waals surface area (Å²) in [5, 5.41) is 3.09. The van der Waals surface area contributed by atoms with Gasteiger partial charge in [-0.05, 0) is 31.2 Å². The summed E-state index contributed by atoms with van der Waals surface area (Å²) in [7, 11) is -3.64. The fourth-order valence-corrected chi connectivity index (χ4v) is 3.92. The zero-order valence-corrected chi connectivity index (χ0v) is 14.7. The van der Waals surface area contributed by atoms with Crippen molar-refractivity contribution in [3.05, 3.63) is 59.2 Å². The SMILES string of the molecule is Cc1ccc(S(=O)(=O)NCC2=NC3NNC(=O)c4cccc(c43)N2)cc1. The Morgan fingerprint density at radius 2 is 1.92 bits per heavy atom. The summed E-state index contributed by atoms with van der Waals surface area (Å²) in [6.45, 7) is 1.90. The van der Waals surface area contributed by atoms with Crippen LogP contribution >= 0.6 is 0 Å². The number of amides is 1. The minimum absolute atomic E-state index is 0.00596. The number of carbonyl (C=O) groups is 1. The minimum Gasteiger partial charge on any atom is -0.343 e. The molecule has 4 rings (SSSR count). The van der Waals surface area contributed by atoms with Gasteiger partial charge >= 0.3 is 0 Å². The quantitative estimate of drug-likeness (QED) is 0.642. The van der Waals surface area contributed by atoms with Gasteiger partial charge < -0.3 is 5.32 Å². The highest BCUT2D eigenvalue weighted by Crippen LogP contribution is 2.32. The molecule has 0 bridgehead atoms. The van der Waals surface area contributed by atoms with Crippen LogP contribution in [-0.4, -0.2) is 26.7 Å². The Kier molecular flexibility index (Phi) is 3.98. The van der Waals surface area contributed by atoms with Crippen molar-refractivity contribution in [1.29, 1.82) is 0 Å². The Labute approximate surface area is 150 Å². The van der Waals surface area contributed by atoms with Crippen molar-refractivity contribution in [2.45, 2.75) is 18.0 Å². The minimum atomic E-state index is -3.64. The van der Waals surface area contributed by atoms with Gasteiger partial charge in [-0.2, -0.15) is 0 Å². The summed E-state index contributed by atoms with van der Waals surface area (Å²) >= 11 is 0. The van der Waals surface area contributed by atoms with Gasteiger partial charge in [0.1, 0.15) is 12.0 Å². The highest BCUT2D eigenvalue weighted by molar-refractivity contribution is 7.89. The number of nitrogens with zero attached hydrogens (tertiary/aromatic N) is 1. The number of anilines is 1. The van der Waals surface area contributed by atoms with E-state index in [1.807, 2.05) is 13.0 Å². The lowest BCUT2D eigenvalue weighted by Gasteiger charge is -2.31. The molecule has 2 aliphatic rings. The van der Waals surface area contributed by atoms with Gasteiger partial charge in [-0.25, -0.2) is 23.6 Å². The van der Waals surface area contributed by atoms with E-state index in [9.17, 15) is 13.2 Å². The normalized spacial score (nSPS) is 18.4. The van der Waals surface area contributed by atoms with Gasteiger partial charge in [0.05, 0.1) is 11.4 Å². The first-order valence-electron chi connectivity index (χ1n) is 8.03. The highest BCUT2D eigenvalue weighted by Gasteiger charge is 2.31. The van der Waals surface area contributed by atoms with Crippen molar-refractivity contribution in [3.8, 4) is 0 Å². The molecule has 26 heavy (non-hydrogen) atoms. The van der Waals surface area contributed by atoms with Crippen LogP contribution < -0.4 is 20.9 Å². The molecule has 2 aromatic rings. The van der Waals surface area contributed by atoms with Gasteiger partial charge in [0.25, 0.3) is 5.91 Å². The molecule has 8 nitrogen and oxygen atoms in total. The van der Waals surface area contributed by atoms with Crippen LogP contribution in [0.25, 0.3) is 0 Å². The Morgan fingerprint density at radius 3 is 2.69 bits per heavy atom. The number of benzene rings is 2. The van der Waals surface area contributed by atoms with E-state index in [0.29, 0.717) is 11.4 Å². The smallest absolute Gasteiger partial charge is 0.265 e. The van der Waals surface area contributed by atoms with Crippen LogP contribution in [-0.2, 0) is 10.0 Å². The van der Waals surface area contributed by atoms with E-state index >= 15 is 0 Å². The van der Waals surface area contributed by atoms with Crippen molar-refractivity contribution in [3.63, 3.8) is 0 Å². The molecule has 0 radical (unpaired) electrons. The second kappa shape index (κ2) is 6.20. The van der Waals surface area contributed by atoms with Crippen LogP contribution in [0.1, 0.15) is 27.7 Å². The lowest BCUT2D eigenvalue weighted by molar-refractivity contribution is 0.0909. The number of hydrazine groups is 1. The Balaban J connectivity index is 1.55. The number of aliphatic imine (C=N–C) groups is 1. The van der Waals surface area contributed by atoms with Crippen molar-refractivity contribution in [2.75, 3.05) is 11.9 Å². The molecule has 0 saturated heterocycles. The third-order valence-corrected chi connectivity index (χ3v) is 5.69. The summed E-state index contributed by atoms with van der Waals surface area (Å²) in [6.07, 6.45) is -0.459. The van der Waals surface area contributed by atoms with Gasteiger partial charge in [-0.1, -0.05) is 23.8 Å². The zero-order valence-electron chi connectivity index (χ0n) is 13.9. The highest BCUT2D eigenvalue weighted by atomic mass is 32.2. The number of nitrogens with one attached hydrogen (secondary N) is 4. The van der Waals surface area contributed by atoms with E-state index in [0.717, 1.165) is 16.8 Å². The van der Waals surface area contributed by atoms with Crippen LogP contribution in [0.4, 0.5) is 5.69 Å². The maximum atomic E-state index is 12.4. The molecule has 0 spiro atoms. The van der Waals surface area contributed by atoms with Crippen molar-refractivity contribution < 1.29 is 13.2 Å². The van der Waals surface area contributed by atoms with Crippen LogP contribution in [0.2, 0.25) is 0 Å². The molecule has 0 aliphatic carbocycles. The third kappa shape index (κ3) is 2.96. The van der Waals surface area contributed by atoms with E-state index < -0.39 is 16.2 Å². The summed E-state index contributed by atoms with van der Waals surface area (Å²) in [5.41, 5.74) is 8.40. The number of amidine groups is 1. The zero-order chi connectivity index (χ0) is 18.3. The molecule has 0 fully saturated rings. The molecule has 2 heterocycles. The lowest BCUT2D eigenvalue weighted by atomic mass is 9.99. The number of carbonyl (C=O) groups excluding carboxylic acids is 1. The molecule has 9 heteroatoms. The average molecular weight is 371 g/mol. The number of rotatable bonds is 4. The first kappa shape index (κ1) is 16.7. The Bertz CT molecular complexity index is 1020. The third-order valence-electron chi connectivity index (χ3n) is 4.27.